The quantitative estimate of drug-likeness (QED) is 0.567. The summed E-state index contributed by atoms with van der Waals surface area (Å²) in [6.45, 7) is 0. The van der Waals surface area contributed by atoms with Crippen LogP contribution in [-0.2, 0) is 0 Å². The number of hydrogen-bond donors (Lipinski definition) is 2. The van der Waals surface area contributed by atoms with Crippen LogP contribution in [0.1, 0.15) is 0 Å². The second kappa shape index (κ2) is 7.16. The van der Waals surface area contributed by atoms with Crippen molar-refractivity contribution in [2.45, 2.75) is 0 Å². The maximum atomic E-state index is 13.7. The molecule has 3 aromatic rings. The molecule has 0 spiro atoms. The molecule has 0 aliphatic carbocycles. The summed E-state index contributed by atoms with van der Waals surface area (Å²) in [6.07, 6.45) is 1.40. The van der Waals surface area contributed by atoms with Crippen LogP contribution in [0.5, 0.6) is 0 Å². The van der Waals surface area contributed by atoms with Gasteiger partial charge in [-0.05, 0) is 36.4 Å². The van der Waals surface area contributed by atoms with Crippen molar-refractivity contribution in [3.8, 4) is 0 Å². The average Bonchev–Trinajstić information content (AvgIpc) is 2.55. The van der Waals surface area contributed by atoms with Crippen molar-refractivity contribution >= 4 is 46.3 Å². The fourth-order valence-electron chi connectivity index (χ4n) is 2.00. The minimum atomic E-state index is -1.56. The normalized spacial score (nSPS) is 10.6. The number of aromatic nitrogens is 2. The van der Waals surface area contributed by atoms with Gasteiger partial charge in [-0.2, -0.15) is 4.98 Å². The third-order valence-corrected chi connectivity index (χ3v) is 3.51. The van der Waals surface area contributed by atoms with Crippen molar-refractivity contribution in [2.75, 3.05) is 10.6 Å². The predicted octanol–water partition coefficient (Wildman–Crippen LogP) is 5.69. The Bertz CT molecular complexity index is 917. The molecular weight excluding hydrogens is 376 g/mol. The molecule has 128 valence electrons. The van der Waals surface area contributed by atoms with Gasteiger partial charge in [0.25, 0.3) is 0 Å². The van der Waals surface area contributed by atoms with Crippen LogP contribution < -0.4 is 10.6 Å². The SMILES string of the molecule is Fc1ccc(Nc2ccnc(Nc3cc(Cl)cc(Cl)c3)n2)c(F)c1F. The second-order valence-electron chi connectivity index (χ2n) is 4.90. The maximum Gasteiger partial charge on any atom is 0.229 e. The molecular formula is C16H9Cl2F3N4. The Labute approximate surface area is 150 Å². The summed E-state index contributed by atoms with van der Waals surface area (Å²) in [5.74, 6) is -3.83. The first-order chi connectivity index (χ1) is 11.9. The number of halogens is 5. The molecule has 25 heavy (non-hydrogen) atoms. The van der Waals surface area contributed by atoms with E-state index in [1.165, 1.54) is 12.3 Å². The molecule has 0 aliphatic rings. The Morgan fingerprint density at radius 2 is 1.56 bits per heavy atom. The van der Waals surface area contributed by atoms with Crippen LogP contribution in [0.15, 0.2) is 42.6 Å². The van der Waals surface area contributed by atoms with Crippen LogP contribution in [0.4, 0.5) is 36.3 Å². The van der Waals surface area contributed by atoms with E-state index in [2.05, 4.69) is 20.6 Å². The lowest BCUT2D eigenvalue weighted by molar-refractivity contribution is 0.449. The molecule has 0 radical (unpaired) electrons. The van der Waals surface area contributed by atoms with E-state index in [4.69, 9.17) is 23.2 Å². The Kier molecular flexibility index (Phi) is 4.96. The van der Waals surface area contributed by atoms with Gasteiger partial charge >= 0.3 is 0 Å². The van der Waals surface area contributed by atoms with Crippen molar-refractivity contribution in [2.24, 2.45) is 0 Å². The number of anilines is 4. The Balaban J connectivity index is 1.83. The monoisotopic (exact) mass is 384 g/mol. The lowest BCUT2D eigenvalue weighted by atomic mass is 10.3. The first-order valence-corrected chi connectivity index (χ1v) is 7.64. The van der Waals surface area contributed by atoms with Gasteiger partial charge < -0.3 is 10.6 Å². The van der Waals surface area contributed by atoms with E-state index in [1.54, 1.807) is 18.2 Å². The molecule has 0 bridgehead atoms. The van der Waals surface area contributed by atoms with Crippen molar-refractivity contribution in [3.05, 3.63) is 70.1 Å². The minimum absolute atomic E-state index is 0.173. The van der Waals surface area contributed by atoms with Gasteiger partial charge in [0, 0.05) is 21.9 Å². The number of hydrogen-bond acceptors (Lipinski definition) is 4. The molecule has 0 unspecified atom stereocenters. The smallest absolute Gasteiger partial charge is 0.229 e. The molecule has 4 nitrogen and oxygen atoms in total. The predicted molar refractivity (Wildman–Crippen MR) is 91.4 cm³/mol. The highest BCUT2D eigenvalue weighted by molar-refractivity contribution is 6.35. The number of rotatable bonds is 4. The summed E-state index contributed by atoms with van der Waals surface area (Å²) in [4.78, 5) is 8.13. The summed E-state index contributed by atoms with van der Waals surface area (Å²) in [6, 6.07) is 8.13. The van der Waals surface area contributed by atoms with Crippen LogP contribution in [0.25, 0.3) is 0 Å². The van der Waals surface area contributed by atoms with Gasteiger partial charge in [0.1, 0.15) is 5.82 Å². The molecule has 2 aromatic carbocycles. The highest BCUT2D eigenvalue weighted by atomic mass is 35.5. The minimum Gasteiger partial charge on any atom is -0.338 e. The van der Waals surface area contributed by atoms with Crippen LogP contribution in [0.3, 0.4) is 0 Å². The highest BCUT2D eigenvalue weighted by Gasteiger charge is 2.14. The van der Waals surface area contributed by atoms with Crippen LogP contribution in [0.2, 0.25) is 10.0 Å². The van der Waals surface area contributed by atoms with E-state index in [0.717, 1.165) is 12.1 Å². The summed E-state index contributed by atoms with van der Waals surface area (Å²) in [7, 11) is 0. The van der Waals surface area contributed by atoms with Crippen LogP contribution in [0, 0.1) is 17.5 Å². The molecule has 9 heteroatoms. The van der Waals surface area contributed by atoms with Crippen molar-refractivity contribution in [1.82, 2.24) is 9.97 Å². The van der Waals surface area contributed by atoms with E-state index < -0.39 is 17.5 Å². The highest BCUT2D eigenvalue weighted by Crippen LogP contribution is 2.26. The van der Waals surface area contributed by atoms with E-state index in [-0.39, 0.29) is 17.5 Å². The molecule has 2 N–H and O–H groups in total. The van der Waals surface area contributed by atoms with Gasteiger partial charge in [-0.25, -0.2) is 18.2 Å². The lowest BCUT2D eigenvalue weighted by Gasteiger charge is -2.10. The maximum absolute atomic E-state index is 13.7. The fourth-order valence-corrected chi connectivity index (χ4v) is 2.53. The van der Waals surface area contributed by atoms with E-state index in [1.807, 2.05) is 0 Å². The molecule has 1 aromatic heterocycles. The van der Waals surface area contributed by atoms with Gasteiger partial charge in [-0.1, -0.05) is 23.2 Å². The first kappa shape index (κ1) is 17.3. The zero-order valence-electron chi connectivity index (χ0n) is 12.3. The number of nitrogens with one attached hydrogen (secondary N) is 2. The van der Waals surface area contributed by atoms with Gasteiger partial charge in [0.15, 0.2) is 17.5 Å². The van der Waals surface area contributed by atoms with Crippen LogP contribution in [-0.4, -0.2) is 9.97 Å². The second-order valence-corrected chi connectivity index (χ2v) is 5.77. The molecule has 0 saturated carbocycles. The third kappa shape index (κ3) is 4.12. The summed E-state index contributed by atoms with van der Waals surface area (Å²) in [5.41, 5.74) is 0.294. The zero-order chi connectivity index (χ0) is 18.0. The fraction of sp³-hybridized carbons (Fsp3) is 0. The van der Waals surface area contributed by atoms with E-state index >= 15 is 0 Å². The first-order valence-electron chi connectivity index (χ1n) is 6.89. The van der Waals surface area contributed by atoms with Crippen molar-refractivity contribution in [1.29, 1.82) is 0 Å². The summed E-state index contributed by atoms with van der Waals surface area (Å²) >= 11 is 11.8. The Morgan fingerprint density at radius 3 is 2.28 bits per heavy atom. The molecule has 1 heterocycles. The molecule has 0 amide bonds. The largest absolute Gasteiger partial charge is 0.338 e. The summed E-state index contributed by atoms with van der Waals surface area (Å²) < 4.78 is 40.0. The molecule has 0 atom stereocenters. The zero-order valence-corrected chi connectivity index (χ0v) is 13.8. The Morgan fingerprint density at radius 1 is 0.840 bits per heavy atom. The number of benzene rings is 2. The van der Waals surface area contributed by atoms with Crippen LogP contribution >= 0.6 is 23.2 Å². The molecule has 0 saturated heterocycles. The third-order valence-electron chi connectivity index (χ3n) is 3.07. The van der Waals surface area contributed by atoms with Crippen molar-refractivity contribution < 1.29 is 13.2 Å². The molecule has 3 rings (SSSR count). The average molecular weight is 385 g/mol. The van der Waals surface area contributed by atoms with Crippen molar-refractivity contribution in [3.63, 3.8) is 0 Å². The topological polar surface area (TPSA) is 49.8 Å². The van der Waals surface area contributed by atoms with Gasteiger partial charge in [0.05, 0.1) is 5.69 Å². The van der Waals surface area contributed by atoms with E-state index in [9.17, 15) is 13.2 Å². The van der Waals surface area contributed by atoms with Gasteiger partial charge in [-0.15, -0.1) is 0 Å². The lowest BCUT2D eigenvalue weighted by Crippen LogP contribution is -2.03. The molecule has 0 aliphatic heterocycles. The Hall–Kier alpha value is -2.51. The standard InChI is InChI=1S/C16H9Cl2F3N4/c17-8-5-9(18)7-10(6-8)23-16-22-4-3-13(25-16)24-12-2-1-11(19)14(20)15(12)21/h1-7H,(H2,22,23,24,25). The molecule has 0 fully saturated rings. The van der Waals surface area contributed by atoms with Gasteiger partial charge in [-0.3, -0.25) is 0 Å². The van der Waals surface area contributed by atoms with E-state index in [0.29, 0.717) is 15.7 Å². The number of nitrogens with zero attached hydrogens (tertiary/aromatic N) is 2. The summed E-state index contributed by atoms with van der Waals surface area (Å²) in [5, 5.41) is 6.30. The van der Waals surface area contributed by atoms with Gasteiger partial charge in [0.2, 0.25) is 5.95 Å².